The van der Waals surface area contributed by atoms with E-state index in [2.05, 4.69) is 6.92 Å². The number of unbranched alkanes of at least 4 members (excludes halogenated alkanes) is 13. The Hall–Kier alpha value is -0.860. The van der Waals surface area contributed by atoms with Gasteiger partial charge in [0.15, 0.2) is 0 Å². The van der Waals surface area contributed by atoms with Gasteiger partial charge in [-0.1, -0.05) is 90.4 Å². The van der Waals surface area contributed by atoms with E-state index in [0.717, 1.165) is 12.8 Å². The predicted octanol–water partition coefficient (Wildman–Crippen LogP) is 5.90. The van der Waals surface area contributed by atoms with Gasteiger partial charge in [-0.3, -0.25) is 9.59 Å². The molecule has 0 aromatic rings. The van der Waals surface area contributed by atoms with Crippen LogP contribution in [0.5, 0.6) is 0 Å². The first-order valence-corrected chi connectivity index (χ1v) is 9.40. The Labute approximate surface area is 136 Å². The molecule has 0 rings (SSSR count). The van der Waals surface area contributed by atoms with E-state index in [1.54, 1.807) is 0 Å². The van der Waals surface area contributed by atoms with E-state index in [1.165, 1.54) is 77.0 Å². The molecule has 0 aromatic heterocycles. The lowest BCUT2D eigenvalue weighted by Gasteiger charge is -2.03. The molecule has 0 bridgehead atoms. The van der Waals surface area contributed by atoms with E-state index < -0.39 is 5.97 Å². The molecule has 0 aliphatic heterocycles. The van der Waals surface area contributed by atoms with Gasteiger partial charge in [0.1, 0.15) is 12.2 Å². The number of carboxylic acid groups (broad SMARTS) is 1. The summed E-state index contributed by atoms with van der Waals surface area (Å²) in [5.41, 5.74) is 0. The molecule has 0 atom stereocenters. The second kappa shape index (κ2) is 16.5. The highest BCUT2D eigenvalue weighted by atomic mass is 16.4. The van der Waals surface area contributed by atoms with Gasteiger partial charge in [0.05, 0.1) is 0 Å². The molecule has 0 saturated heterocycles. The maximum atomic E-state index is 11.2. The fourth-order valence-corrected chi connectivity index (χ4v) is 2.77. The molecule has 0 spiro atoms. The molecular formula is C19H36O3. The Balaban J connectivity index is 3.08. The number of carbonyl (C=O) groups excluding carboxylic acids is 1. The van der Waals surface area contributed by atoms with Gasteiger partial charge in [0.2, 0.25) is 0 Å². The molecule has 3 heteroatoms. The molecule has 0 amide bonds. The Morgan fingerprint density at radius 2 is 1.00 bits per heavy atom. The lowest BCUT2D eigenvalue weighted by atomic mass is 10.0. The molecule has 0 radical (unpaired) electrons. The van der Waals surface area contributed by atoms with Crippen LogP contribution in [0.2, 0.25) is 0 Å². The van der Waals surface area contributed by atoms with Crippen LogP contribution in [0.1, 0.15) is 110 Å². The quantitative estimate of drug-likeness (QED) is 0.268. The van der Waals surface area contributed by atoms with Crippen molar-refractivity contribution in [3.63, 3.8) is 0 Å². The van der Waals surface area contributed by atoms with E-state index in [-0.39, 0.29) is 12.2 Å². The molecule has 22 heavy (non-hydrogen) atoms. The minimum absolute atomic E-state index is 0.133. The summed E-state index contributed by atoms with van der Waals surface area (Å²) in [6.45, 7) is 2.26. The van der Waals surface area contributed by atoms with Crippen molar-refractivity contribution in [1.29, 1.82) is 0 Å². The van der Waals surface area contributed by atoms with E-state index in [4.69, 9.17) is 5.11 Å². The first-order valence-electron chi connectivity index (χ1n) is 9.40. The van der Waals surface area contributed by atoms with Crippen molar-refractivity contribution >= 4 is 11.8 Å². The van der Waals surface area contributed by atoms with Crippen LogP contribution in [0.3, 0.4) is 0 Å². The SMILES string of the molecule is CCCCCCCCCCCCCCCCC(=O)CC(=O)O. The van der Waals surface area contributed by atoms with Crippen LogP contribution < -0.4 is 0 Å². The van der Waals surface area contributed by atoms with Crippen molar-refractivity contribution in [2.75, 3.05) is 0 Å². The summed E-state index contributed by atoms with van der Waals surface area (Å²) < 4.78 is 0. The zero-order chi connectivity index (χ0) is 16.5. The second-order valence-corrected chi connectivity index (χ2v) is 6.46. The van der Waals surface area contributed by atoms with Crippen LogP contribution in [0.15, 0.2) is 0 Å². The number of aliphatic carboxylic acids is 1. The molecule has 3 nitrogen and oxygen atoms in total. The largest absolute Gasteiger partial charge is 0.481 e. The van der Waals surface area contributed by atoms with Crippen LogP contribution in [0, 0.1) is 0 Å². The maximum absolute atomic E-state index is 11.2. The van der Waals surface area contributed by atoms with Crippen molar-refractivity contribution in [2.45, 2.75) is 110 Å². The number of hydrogen-bond donors (Lipinski definition) is 1. The summed E-state index contributed by atoms with van der Waals surface area (Å²) in [5, 5.41) is 8.48. The molecule has 0 unspecified atom stereocenters. The summed E-state index contributed by atoms with van der Waals surface area (Å²) in [6, 6.07) is 0. The van der Waals surface area contributed by atoms with Crippen LogP contribution >= 0.6 is 0 Å². The number of hydrogen-bond acceptors (Lipinski definition) is 2. The first-order chi connectivity index (χ1) is 10.7. The highest BCUT2D eigenvalue weighted by Gasteiger charge is 2.06. The third-order valence-electron chi connectivity index (χ3n) is 4.16. The monoisotopic (exact) mass is 312 g/mol. The third kappa shape index (κ3) is 17.2. The lowest BCUT2D eigenvalue weighted by Crippen LogP contribution is -2.05. The molecule has 130 valence electrons. The van der Waals surface area contributed by atoms with Crippen LogP contribution in [-0.4, -0.2) is 16.9 Å². The van der Waals surface area contributed by atoms with Crippen LogP contribution in [0.25, 0.3) is 0 Å². The predicted molar refractivity (Wildman–Crippen MR) is 92.2 cm³/mol. The van der Waals surface area contributed by atoms with Crippen molar-refractivity contribution < 1.29 is 14.7 Å². The van der Waals surface area contributed by atoms with Gasteiger partial charge in [0, 0.05) is 6.42 Å². The smallest absolute Gasteiger partial charge is 0.310 e. The van der Waals surface area contributed by atoms with Gasteiger partial charge >= 0.3 is 5.97 Å². The third-order valence-corrected chi connectivity index (χ3v) is 4.16. The molecule has 0 fully saturated rings. The van der Waals surface area contributed by atoms with Gasteiger partial charge in [0.25, 0.3) is 0 Å². The summed E-state index contributed by atoms with van der Waals surface area (Å²) in [4.78, 5) is 21.5. The average molecular weight is 312 g/mol. The zero-order valence-electron chi connectivity index (χ0n) is 14.6. The Morgan fingerprint density at radius 1 is 0.636 bits per heavy atom. The number of ketones is 1. The van der Waals surface area contributed by atoms with Gasteiger partial charge in [-0.2, -0.15) is 0 Å². The highest BCUT2D eigenvalue weighted by molar-refractivity contribution is 5.94. The lowest BCUT2D eigenvalue weighted by molar-refractivity contribution is -0.140. The zero-order valence-corrected chi connectivity index (χ0v) is 14.6. The summed E-state index contributed by atoms with van der Waals surface area (Å²) >= 11 is 0. The standard InChI is InChI=1S/C19H36O3/c1-2-3-4-5-6-7-8-9-10-11-12-13-14-15-16-18(20)17-19(21)22/h2-17H2,1H3,(H,21,22). The maximum Gasteiger partial charge on any atom is 0.310 e. The molecule has 0 heterocycles. The number of carboxylic acids is 1. The normalized spacial score (nSPS) is 10.8. The minimum atomic E-state index is -1.00. The Kier molecular flexibility index (Phi) is 15.9. The van der Waals surface area contributed by atoms with Gasteiger partial charge in [-0.25, -0.2) is 0 Å². The fourth-order valence-electron chi connectivity index (χ4n) is 2.77. The van der Waals surface area contributed by atoms with Crippen molar-refractivity contribution in [1.82, 2.24) is 0 Å². The molecular weight excluding hydrogens is 276 g/mol. The molecule has 0 aromatic carbocycles. The van der Waals surface area contributed by atoms with E-state index in [1.807, 2.05) is 0 Å². The molecule has 1 N–H and O–H groups in total. The number of Topliss-reactive ketones (excluding diaryl/α,β-unsaturated/α-hetero) is 1. The molecule has 0 saturated carbocycles. The summed E-state index contributed by atoms with van der Waals surface area (Å²) in [7, 11) is 0. The van der Waals surface area contributed by atoms with Crippen LogP contribution in [-0.2, 0) is 9.59 Å². The second-order valence-electron chi connectivity index (χ2n) is 6.46. The molecule has 0 aliphatic carbocycles. The van der Waals surface area contributed by atoms with Crippen molar-refractivity contribution in [2.24, 2.45) is 0 Å². The van der Waals surface area contributed by atoms with E-state index in [0.29, 0.717) is 6.42 Å². The summed E-state index contributed by atoms with van der Waals surface area (Å²) in [5.74, 6) is -1.14. The van der Waals surface area contributed by atoms with Crippen molar-refractivity contribution in [3.8, 4) is 0 Å². The topological polar surface area (TPSA) is 54.4 Å². The number of carbonyl (C=O) groups is 2. The Morgan fingerprint density at radius 3 is 1.36 bits per heavy atom. The summed E-state index contributed by atoms with van der Waals surface area (Å²) in [6.07, 6.45) is 18.2. The van der Waals surface area contributed by atoms with Gasteiger partial charge in [-0.15, -0.1) is 0 Å². The van der Waals surface area contributed by atoms with E-state index >= 15 is 0 Å². The molecule has 0 aliphatic rings. The Bertz CT molecular complexity index is 274. The minimum Gasteiger partial charge on any atom is -0.481 e. The van der Waals surface area contributed by atoms with Crippen LogP contribution in [0.4, 0.5) is 0 Å². The number of rotatable bonds is 17. The van der Waals surface area contributed by atoms with Crippen molar-refractivity contribution in [3.05, 3.63) is 0 Å². The van der Waals surface area contributed by atoms with Gasteiger partial charge in [-0.05, 0) is 6.42 Å². The first kappa shape index (κ1) is 21.1. The highest BCUT2D eigenvalue weighted by Crippen LogP contribution is 2.13. The fraction of sp³-hybridized carbons (Fsp3) is 0.895. The van der Waals surface area contributed by atoms with E-state index in [9.17, 15) is 9.59 Å². The van der Waals surface area contributed by atoms with Gasteiger partial charge < -0.3 is 5.11 Å². The average Bonchev–Trinajstić information content (AvgIpc) is 2.47.